The largest absolute Gasteiger partial charge is 0.416 e. The van der Waals surface area contributed by atoms with Gasteiger partial charge >= 0.3 is 6.18 Å². The number of halogens is 3. The molecule has 0 saturated carbocycles. The van der Waals surface area contributed by atoms with Crippen molar-refractivity contribution in [1.29, 1.82) is 0 Å². The molecule has 1 N–H and O–H groups in total. The van der Waals surface area contributed by atoms with Crippen molar-refractivity contribution in [2.24, 2.45) is 0 Å². The molecule has 2 rings (SSSR count). The van der Waals surface area contributed by atoms with Gasteiger partial charge in [-0.1, -0.05) is 18.2 Å². The molecule has 18 heavy (non-hydrogen) atoms. The van der Waals surface area contributed by atoms with E-state index in [1.807, 2.05) is 18.2 Å². The average Bonchev–Trinajstić information content (AvgIpc) is 2.37. The summed E-state index contributed by atoms with van der Waals surface area (Å²) in [5.41, 5.74) is 2.66. The van der Waals surface area contributed by atoms with Crippen molar-refractivity contribution in [2.75, 3.05) is 5.48 Å². The van der Waals surface area contributed by atoms with Crippen molar-refractivity contribution in [3.05, 3.63) is 60.2 Å². The van der Waals surface area contributed by atoms with Crippen LogP contribution in [0.2, 0.25) is 0 Å². The maximum absolute atomic E-state index is 12.3. The minimum absolute atomic E-state index is 0.312. The summed E-state index contributed by atoms with van der Waals surface area (Å²) in [6, 6.07) is 13.5. The number of nitrogens with one attached hydrogen (secondary N) is 1. The second-order valence-electron chi connectivity index (χ2n) is 3.59. The van der Waals surface area contributed by atoms with E-state index in [9.17, 15) is 13.2 Å². The summed E-state index contributed by atoms with van der Waals surface area (Å²) in [4.78, 5) is 5.14. The Hall–Kier alpha value is -2.17. The van der Waals surface area contributed by atoms with Gasteiger partial charge < -0.3 is 4.84 Å². The number of rotatable bonds is 3. The van der Waals surface area contributed by atoms with Crippen LogP contribution in [0.25, 0.3) is 0 Å². The van der Waals surface area contributed by atoms with E-state index < -0.39 is 11.7 Å². The third kappa shape index (κ3) is 3.16. The van der Waals surface area contributed by atoms with Crippen molar-refractivity contribution in [3.63, 3.8) is 0 Å². The van der Waals surface area contributed by atoms with Crippen LogP contribution in [0.5, 0.6) is 5.75 Å². The van der Waals surface area contributed by atoms with Crippen LogP contribution in [0, 0.1) is 0 Å². The van der Waals surface area contributed by atoms with Gasteiger partial charge in [-0.05, 0) is 36.4 Å². The molecule has 0 aliphatic rings. The Kier molecular flexibility index (Phi) is 3.41. The van der Waals surface area contributed by atoms with Crippen molar-refractivity contribution in [1.82, 2.24) is 0 Å². The van der Waals surface area contributed by atoms with Gasteiger partial charge in [-0.15, -0.1) is 0 Å². The molecule has 0 saturated heterocycles. The van der Waals surface area contributed by atoms with Crippen molar-refractivity contribution in [3.8, 4) is 5.75 Å². The molecule has 0 fully saturated rings. The summed E-state index contributed by atoms with van der Waals surface area (Å²) in [6.45, 7) is 0. The highest BCUT2D eigenvalue weighted by Crippen LogP contribution is 2.30. The highest BCUT2D eigenvalue weighted by Gasteiger charge is 2.29. The van der Waals surface area contributed by atoms with Crippen LogP contribution in [0.3, 0.4) is 0 Å². The third-order valence-electron chi connectivity index (χ3n) is 2.24. The molecular weight excluding hydrogens is 243 g/mol. The van der Waals surface area contributed by atoms with Crippen LogP contribution in [0.15, 0.2) is 54.6 Å². The predicted molar refractivity (Wildman–Crippen MR) is 62.1 cm³/mol. The van der Waals surface area contributed by atoms with Crippen molar-refractivity contribution >= 4 is 5.69 Å². The molecule has 0 amide bonds. The maximum Gasteiger partial charge on any atom is 0.416 e. The molecule has 0 atom stereocenters. The van der Waals surface area contributed by atoms with Crippen molar-refractivity contribution < 1.29 is 18.0 Å². The first-order valence-electron chi connectivity index (χ1n) is 5.21. The van der Waals surface area contributed by atoms with E-state index >= 15 is 0 Å². The Balaban J connectivity index is 1.99. The molecule has 0 aliphatic carbocycles. The minimum atomic E-state index is -4.33. The lowest BCUT2D eigenvalue weighted by atomic mass is 10.2. The Morgan fingerprint density at radius 3 is 2.00 bits per heavy atom. The Labute approximate surface area is 102 Å². The molecule has 2 nitrogen and oxygen atoms in total. The fraction of sp³-hybridized carbons (Fsp3) is 0.0769. The molecule has 0 aromatic heterocycles. The molecule has 2 aromatic rings. The van der Waals surface area contributed by atoms with Gasteiger partial charge in [0, 0.05) is 0 Å². The molecule has 94 valence electrons. The predicted octanol–water partition coefficient (Wildman–Crippen LogP) is 4.11. The van der Waals surface area contributed by atoms with Crippen LogP contribution in [-0.2, 0) is 6.18 Å². The number of benzene rings is 2. The van der Waals surface area contributed by atoms with E-state index in [4.69, 9.17) is 4.84 Å². The first kappa shape index (κ1) is 12.3. The van der Waals surface area contributed by atoms with Gasteiger partial charge in [0.05, 0.1) is 11.3 Å². The summed E-state index contributed by atoms with van der Waals surface area (Å²) in [5, 5.41) is 0. The Morgan fingerprint density at radius 2 is 1.44 bits per heavy atom. The van der Waals surface area contributed by atoms with Gasteiger partial charge in [0.25, 0.3) is 0 Å². The van der Waals surface area contributed by atoms with E-state index in [2.05, 4.69) is 5.48 Å². The summed E-state index contributed by atoms with van der Waals surface area (Å²) in [6.07, 6.45) is -4.33. The minimum Gasteiger partial charge on any atom is -0.382 e. The fourth-order valence-corrected chi connectivity index (χ4v) is 1.34. The Bertz CT molecular complexity index is 494. The van der Waals surface area contributed by atoms with Gasteiger partial charge in [-0.2, -0.15) is 13.2 Å². The van der Waals surface area contributed by atoms with Crippen molar-refractivity contribution in [2.45, 2.75) is 6.18 Å². The van der Waals surface area contributed by atoms with E-state index in [0.29, 0.717) is 5.75 Å². The zero-order valence-electron chi connectivity index (χ0n) is 9.24. The highest BCUT2D eigenvalue weighted by atomic mass is 19.4. The van der Waals surface area contributed by atoms with Gasteiger partial charge in [-0.3, -0.25) is 0 Å². The van der Waals surface area contributed by atoms with Crippen LogP contribution < -0.4 is 10.3 Å². The lowest BCUT2D eigenvalue weighted by Crippen LogP contribution is -2.06. The molecule has 0 radical (unpaired) electrons. The second kappa shape index (κ2) is 5.00. The zero-order chi connectivity index (χ0) is 13.0. The molecule has 2 aromatic carbocycles. The zero-order valence-corrected chi connectivity index (χ0v) is 9.24. The summed E-state index contributed by atoms with van der Waals surface area (Å²) in [7, 11) is 0. The topological polar surface area (TPSA) is 21.3 Å². The van der Waals surface area contributed by atoms with E-state index in [-0.39, 0.29) is 0 Å². The van der Waals surface area contributed by atoms with E-state index in [0.717, 1.165) is 17.8 Å². The van der Waals surface area contributed by atoms with Crippen LogP contribution in [0.4, 0.5) is 18.9 Å². The van der Waals surface area contributed by atoms with Gasteiger partial charge in [0.1, 0.15) is 0 Å². The number of alkyl halides is 3. The molecule has 0 heterocycles. The number of hydrogen-bond donors (Lipinski definition) is 1. The molecule has 0 spiro atoms. The quantitative estimate of drug-likeness (QED) is 0.831. The number of anilines is 1. The Morgan fingerprint density at radius 1 is 0.833 bits per heavy atom. The van der Waals surface area contributed by atoms with Crippen LogP contribution in [0.1, 0.15) is 5.56 Å². The normalized spacial score (nSPS) is 11.1. The van der Waals surface area contributed by atoms with E-state index in [1.54, 1.807) is 12.1 Å². The summed E-state index contributed by atoms with van der Waals surface area (Å²) >= 11 is 0. The molecule has 0 unspecified atom stereocenters. The maximum atomic E-state index is 12.3. The molecule has 0 bridgehead atoms. The average molecular weight is 253 g/mol. The smallest absolute Gasteiger partial charge is 0.382 e. The fourth-order valence-electron chi connectivity index (χ4n) is 1.34. The van der Waals surface area contributed by atoms with Gasteiger partial charge in [-0.25, -0.2) is 5.48 Å². The second-order valence-corrected chi connectivity index (χ2v) is 3.59. The highest BCUT2D eigenvalue weighted by molar-refractivity contribution is 5.41. The summed E-state index contributed by atoms with van der Waals surface area (Å²) < 4.78 is 36.9. The standard InChI is InChI=1S/C13H10F3NO/c14-13(15,16)10-6-8-12(9-7-10)18-17-11-4-2-1-3-5-11/h1-9,17H. The first-order valence-corrected chi connectivity index (χ1v) is 5.21. The molecule has 5 heteroatoms. The molecule has 0 aliphatic heterocycles. The van der Waals surface area contributed by atoms with Gasteiger partial charge in [0.2, 0.25) is 0 Å². The van der Waals surface area contributed by atoms with Gasteiger partial charge in [0.15, 0.2) is 5.75 Å². The van der Waals surface area contributed by atoms with Crippen LogP contribution in [-0.4, -0.2) is 0 Å². The lowest BCUT2D eigenvalue weighted by molar-refractivity contribution is -0.137. The SMILES string of the molecule is FC(F)(F)c1ccc(ONc2ccccc2)cc1. The van der Waals surface area contributed by atoms with E-state index in [1.165, 1.54) is 12.1 Å². The molecular formula is C13H10F3NO. The lowest BCUT2D eigenvalue weighted by Gasteiger charge is -2.10. The first-order chi connectivity index (χ1) is 8.55. The number of hydrogen-bond acceptors (Lipinski definition) is 2. The van der Waals surface area contributed by atoms with Crippen LogP contribution >= 0.6 is 0 Å². The number of para-hydroxylation sites is 1. The monoisotopic (exact) mass is 253 g/mol. The third-order valence-corrected chi connectivity index (χ3v) is 2.24. The summed E-state index contributed by atoms with van der Waals surface area (Å²) in [5.74, 6) is 0.312.